The lowest BCUT2D eigenvalue weighted by molar-refractivity contribution is -0.384. The van der Waals surface area contributed by atoms with E-state index in [4.69, 9.17) is 9.84 Å². The van der Waals surface area contributed by atoms with Crippen LogP contribution in [0, 0.1) is 24.0 Å². The normalized spacial score (nSPS) is 14.2. The number of hydrogen-bond donors (Lipinski definition) is 1. The van der Waals surface area contributed by atoms with Gasteiger partial charge in [0.25, 0.3) is 11.6 Å². The zero-order valence-corrected chi connectivity index (χ0v) is 18.8. The minimum Gasteiger partial charge on any atom is -0.379 e. The number of nitro groups is 1. The van der Waals surface area contributed by atoms with E-state index in [9.17, 15) is 14.9 Å². The second-order valence-electron chi connectivity index (χ2n) is 8.13. The Kier molecular flexibility index (Phi) is 6.81. The number of nitro benzene ring substituents is 1. The van der Waals surface area contributed by atoms with Crippen molar-refractivity contribution in [2.24, 2.45) is 0 Å². The van der Waals surface area contributed by atoms with E-state index in [0.29, 0.717) is 36.7 Å². The van der Waals surface area contributed by atoms with Crippen molar-refractivity contribution in [2.45, 2.75) is 13.8 Å². The van der Waals surface area contributed by atoms with E-state index in [0.717, 1.165) is 36.4 Å². The molecule has 1 saturated heterocycles. The fourth-order valence-corrected chi connectivity index (χ4v) is 3.81. The molecule has 2 heterocycles. The van der Waals surface area contributed by atoms with E-state index < -0.39 is 4.92 Å². The third-order valence-electron chi connectivity index (χ3n) is 5.73. The zero-order valence-electron chi connectivity index (χ0n) is 18.8. The van der Waals surface area contributed by atoms with Gasteiger partial charge in [-0.1, -0.05) is 12.1 Å². The van der Waals surface area contributed by atoms with Gasteiger partial charge >= 0.3 is 0 Å². The number of nitrogens with one attached hydrogen (secondary N) is 1. The van der Waals surface area contributed by atoms with Gasteiger partial charge in [0.15, 0.2) is 0 Å². The summed E-state index contributed by atoms with van der Waals surface area (Å²) in [7, 11) is 0. The highest BCUT2D eigenvalue weighted by atomic mass is 16.6. The average Bonchev–Trinajstić information content (AvgIpc) is 3.27. The predicted molar refractivity (Wildman–Crippen MR) is 125 cm³/mol. The standard InChI is InChI=1S/C24H27N5O4/c1-17-3-4-18(2)22(15-17)28-23(24(30)25-9-10-27-11-13-33-14-12-27)16-21(26-28)19-5-7-20(8-6-19)29(31)32/h3-8,15-16H,9-14H2,1-2H3,(H,25,30). The van der Waals surface area contributed by atoms with Crippen LogP contribution >= 0.6 is 0 Å². The molecule has 0 bridgehead atoms. The van der Waals surface area contributed by atoms with E-state index in [1.165, 1.54) is 12.1 Å². The smallest absolute Gasteiger partial charge is 0.270 e. The van der Waals surface area contributed by atoms with Crippen molar-refractivity contribution in [1.29, 1.82) is 0 Å². The number of benzene rings is 2. The second kappa shape index (κ2) is 9.93. The number of nitrogens with zero attached hydrogens (tertiary/aromatic N) is 4. The number of carbonyl (C=O) groups excluding carboxylic acids is 1. The van der Waals surface area contributed by atoms with Crippen LogP contribution in [0.25, 0.3) is 16.9 Å². The van der Waals surface area contributed by atoms with E-state index in [2.05, 4.69) is 10.2 Å². The number of hydrogen-bond acceptors (Lipinski definition) is 6. The van der Waals surface area contributed by atoms with Crippen LogP contribution in [0.4, 0.5) is 5.69 Å². The topological polar surface area (TPSA) is 103 Å². The van der Waals surface area contributed by atoms with E-state index in [1.54, 1.807) is 22.9 Å². The quantitative estimate of drug-likeness (QED) is 0.439. The minimum absolute atomic E-state index is 0.00814. The molecule has 0 radical (unpaired) electrons. The first kappa shape index (κ1) is 22.6. The highest BCUT2D eigenvalue weighted by molar-refractivity contribution is 5.94. The number of ether oxygens (including phenoxy) is 1. The van der Waals surface area contributed by atoms with E-state index in [1.807, 2.05) is 32.0 Å². The van der Waals surface area contributed by atoms with Crippen LogP contribution in [0.15, 0.2) is 48.5 Å². The summed E-state index contributed by atoms with van der Waals surface area (Å²) in [6.45, 7) is 8.39. The van der Waals surface area contributed by atoms with Crippen LogP contribution in [0.1, 0.15) is 21.6 Å². The molecule has 1 N–H and O–H groups in total. The molecule has 0 unspecified atom stereocenters. The number of morpholine rings is 1. The van der Waals surface area contributed by atoms with Crippen molar-refractivity contribution in [3.8, 4) is 16.9 Å². The lowest BCUT2D eigenvalue weighted by Gasteiger charge is -2.26. The van der Waals surface area contributed by atoms with Crippen molar-refractivity contribution in [3.05, 3.63) is 75.5 Å². The summed E-state index contributed by atoms with van der Waals surface area (Å²) in [5.41, 5.74) is 4.56. The monoisotopic (exact) mass is 449 g/mol. The van der Waals surface area contributed by atoms with Gasteiger partial charge in [-0.2, -0.15) is 5.10 Å². The number of non-ortho nitro benzene ring substituents is 1. The molecule has 1 amide bonds. The molecule has 1 fully saturated rings. The maximum atomic E-state index is 13.2. The molecule has 9 nitrogen and oxygen atoms in total. The maximum absolute atomic E-state index is 13.2. The Hall–Kier alpha value is -3.56. The average molecular weight is 450 g/mol. The molecule has 1 aromatic heterocycles. The lowest BCUT2D eigenvalue weighted by atomic mass is 10.1. The van der Waals surface area contributed by atoms with Crippen molar-refractivity contribution in [2.75, 3.05) is 39.4 Å². The van der Waals surface area contributed by atoms with Crippen LogP contribution in [0.5, 0.6) is 0 Å². The van der Waals surface area contributed by atoms with Gasteiger partial charge in [0, 0.05) is 43.9 Å². The fraction of sp³-hybridized carbons (Fsp3) is 0.333. The summed E-state index contributed by atoms with van der Waals surface area (Å²) in [5.74, 6) is -0.218. The van der Waals surface area contributed by atoms with Gasteiger partial charge in [-0.3, -0.25) is 19.8 Å². The van der Waals surface area contributed by atoms with Gasteiger partial charge in [0.2, 0.25) is 0 Å². The predicted octanol–water partition coefficient (Wildman–Crippen LogP) is 3.13. The Balaban J connectivity index is 1.62. The summed E-state index contributed by atoms with van der Waals surface area (Å²) < 4.78 is 7.03. The largest absolute Gasteiger partial charge is 0.379 e. The summed E-state index contributed by atoms with van der Waals surface area (Å²) in [6, 6.07) is 13.9. The van der Waals surface area contributed by atoms with Crippen molar-refractivity contribution in [1.82, 2.24) is 20.0 Å². The van der Waals surface area contributed by atoms with Crippen LogP contribution in [-0.4, -0.2) is 64.9 Å². The van der Waals surface area contributed by atoms with Crippen LogP contribution in [0.2, 0.25) is 0 Å². The van der Waals surface area contributed by atoms with Gasteiger partial charge in [-0.25, -0.2) is 4.68 Å². The van der Waals surface area contributed by atoms with Crippen molar-refractivity contribution in [3.63, 3.8) is 0 Å². The number of aromatic nitrogens is 2. The Labute approximate surface area is 192 Å². The molecule has 9 heteroatoms. The Morgan fingerprint density at radius 2 is 1.85 bits per heavy atom. The van der Waals surface area contributed by atoms with Gasteiger partial charge < -0.3 is 10.1 Å². The molecule has 4 rings (SSSR count). The highest BCUT2D eigenvalue weighted by Gasteiger charge is 2.20. The molecular formula is C24H27N5O4. The molecule has 0 aliphatic carbocycles. The minimum atomic E-state index is -0.439. The van der Waals surface area contributed by atoms with Gasteiger partial charge in [0.1, 0.15) is 5.69 Å². The highest BCUT2D eigenvalue weighted by Crippen LogP contribution is 2.25. The zero-order chi connectivity index (χ0) is 23.4. The molecule has 0 spiro atoms. The molecule has 3 aromatic rings. The number of carbonyl (C=O) groups is 1. The first-order chi connectivity index (χ1) is 15.9. The summed E-state index contributed by atoms with van der Waals surface area (Å²) in [6.07, 6.45) is 0. The Morgan fingerprint density at radius 1 is 1.12 bits per heavy atom. The first-order valence-electron chi connectivity index (χ1n) is 10.9. The molecular weight excluding hydrogens is 422 g/mol. The Bertz CT molecular complexity index is 1150. The fourth-order valence-electron chi connectivity index (χ4n) is 3.81. The third kappa shape index (κ3) is 5.27. The summed E-state index contributed by atoms with van der Waals surface area (Å²) in [5, 5.41) is 18.7. The van der Waals surface area contributed by atoms with Gasteiger partial charge in [0.05, 0.1) is 29.5 Å². The molecule has 1 aliphatic rings. The van der Waals surface area contributed by atoms with Gasteiger partial charge in [-0.15, -0.1) is 0 Å². The number of amides is 1. The summed E-state index contributed by atoms with van der Waals surface area (Å²) in [4.78, 5) is 26.0. The molecule has 0 saturated carbocycles. The van der Waals surface area contributed by atoms with E-state index >= 15 is 0 Å². The van der Waals surface area contributed by atoms with Gasteiger partial charge in [-0.05, 0) is 49.2 Å². The van der Waals surface area contributed by atoms with Crippen LogP contribution < -0.4 is 5.32 Å². The maximum Gasteiger partial charge on any atom is 0.270 e. The molecule has 2 aromatic carbocycles. The van der Waals surface area contributed by atoms with Crippen molar-refractivity contribution >= 4 is 11.6 Å². The third-order valence-corrected chi connectivity index (χ3v) is 5.73. The number of rotatable bonds is 7. The van der Waals surface area contributed by atoms with E-state index in [-0.39, 0.29) is 11.6 Å². The lowest BCUT2D eigenvalue weighted by Crippen LogP contribution is -2.41. The molecule has 1 aliphatic heterocycles. The SMILES string of the molecule is Cc1ccc(C)c(-n2nc(-c3ccc([N+](=O)[O-])cc3)cc2C(=O)NCCN2CCOCC2)c1. The van der Waals surface area contributed by atoms with Crippen LogP contribution in [-0.2, 0) is 4.74 Å². The Morgan fingerprint density at radius 3 is 2.55 bits per heavy atom. The number of aryl methyl sites for hydroxylation is 2. The van der Waals surface area contributed by atoms with Crippen molar-refractivity contribution < 1.29 is 14.5 Å². The molecule has 172 valence electrons. The summed E-state index contributed by atoms with van der Waals surface area (Å²) >= 11 is 0. The molecule has 0 atom stereocenters. The second-order valence-corrected chi connectivity index (χ2v) is 8.13. The first-order valence-corrected chi connectivity index (χ1v) is 10.9. The van der Waals surface area contributed by atoms with Crippen LogP contribution in [0.3, 0.4) is 0 Å². The molecule has 33 heavy (non-hydrogen) atoms.